The molecule has 6 heteroatoms. The van der Waals surface area contributed by atoms with E-state index in [4.69, 9.17) is 8.83 Å². The summed E-state index contributed by atoms with van der Waals surface area (Å²) in [6, 6.07) is 35.6. The number of carbonyl (C=O) groups is 1. The summed E-state index contributed by atoms with van der Waals surface area (Å²) in [7, 11) is 0. The minimum absolute atomic E-state index is 0.306. The largest absolute Gasteiger partial charge is 0.436 e. The molecule has 0 bridgehead atoms. The van der Waals surface area contributed by atoms with Crippen LogP contribution in [0.25, 0.3) is 55.4 Å². The zero-order valence-electron chi connectivity index (χ0n) is 20.5. The van der Waals surface area contributed by atoms with Crippen LogP contribution < -0.4 is 10.9 Å². The first-order valence-corrected chi connectivity index (χ1v) is 12.5. The van der Waals surface area contributed by atoms with Crippen LogP contribution in [0.5, 0.6) is 0 Å². The number of carbonyl (C=O) groups excluding carboxylic acids is 1. The summed E-state index contributed by atoms with van der Waals surface area (Å²) >= 11 is 0. The lowest BCUT2D eigenvalue weighted by atomic mass is 10.0. The molecule has 0 aliphatic carbocycles. The van der Waals surface area contributed by atoms with Gasteiger partial charge in [-0.25, -0.2) is 9.78 Å². The minimum Gasteiger partial charge on any atom is -0.436 e. The molecule has 0 aliphatic rings. The van der Waals surface area contributed by atoms with Crippen molar-refractivity contribution in [3.63, 3.8) is 0 Å². The van der Waals surface area contributed by atoms with Crippen LogP contribution >= 0.6 is 0 Å². The Labute approximate surface area is 222 Å². The van der Waals surface area contributed by atoms with Crippen LogP contribution in [-0.4, -0.2) is 10.9 Å². The van der Waals surface area contributed by atoms with E-state index < -0.39 is 5.63 Å². The molecule has 0 aliphatic heterocycles. The highest BCUT2D eigenvalue weighted by Gasteiger charge is 2.14. The maximum absolute atomic E-state index is 13.1. The molecule has 186 valence electrons. The van der Waals surface area contributed by atoms with Crippen molar-refractivity contribution < 1.29 is 13.6 Å². The number of aromatic nitrogens is 1. The molecule has 7 rings (SSSR count). The van der Waals surface area contributed by atoms with Gasteiger partial charge in [0.25, 0.3) is 5.91 Å². The molecule has 6 nitrogen and oxygen atoms in total. The Bertz CT molecular complexity index is 2110. The van der Waals surface area contributed by atoms with Crippen LogP contribution in [0, 0.1) is 0 Å². The molecule has 7 aromatic rings. The van der Waals surface area contributed by atoms with Gasteiger partial charge < -0.3 is 14.2 Å². The number of nitrogens with zero attached hydrogens (tertiary/aromatic N) is 1. The highest BCUT2D eigenvalue weighted by Crippen LogP contribution is 2.29. The van der Waals surface area contributed by atoms with Gasteiger partial charge >= 0.3 is 5.63 Å². The van der Waals surface area contributed by atoms with Crippen LogP contribution in [0.4, 0.5) is 5.69 Å². The number of hydrogen-bond donors (Lipinski definition) is 1. The van der Waals surface area contributed by atoms with E-state index >= 15 is 0 Å². The summed E-state index contributed by atoms with van der Waals surface area (Å²) in [6.45, 7) is 0. The maximum atomic E-state index is 13.1. The standard InChI is InChI=1S/C33H20N2O4/c36-31(24-10-5-9-22(17-24)27-18-23-8-3-4-11-29(23)39-33(27)37)34-26-14-15-30-28(19-26)35-32(38-30)25-13-12-20-6-1-2-7-21(20)16-25/h1-19H,(H,34,36). The number of benzene rings is 5. The number of fused-ring (bicyclic) bond motifs is 3. The second-order valence-electron chi connectivity index (χ2n) is 9.28. The smallest absolute Gasteiger partial charge is 0.344 e. The number of para-hydroxylation sites is 1. The third-order valence-corrected chi connectivity index (χ3v) is 6.72. The molecule has 0 unspecified atom stereocenters. The molecule has 1 amide bonds. The van der Waals surface area contributed by atoms with Gasteiger partial charge in [0, 0.05) is 22.2 Å². The second-order valence-corrected chi connectivity index (χ2v) is 9.28. The Balaban J connectivity index is 1.16. The zero-order valence-corrected chi connectivity index (χ0v) is 20.5. The lowest BCUT2D eigenvalue weighted by molar-refractivity contribution is 0.102. The van der Waals surface area contributed by atoms with E-state index in [0.717, 1.165) is 21.7 Å². The van der Waals surface area contributed by atoms with Gasteiger partial charge in [-0.15, -0.1) is 0 Å². The van der Waals surface area contributed by atoms with Gasteiger partial charge in [-0.1, -0.05) is 60.7 Å². The van der Waals surface area contributed by atoms with E-state index in [1.165, 1.54) is 0 Å². The Morgan fingerprint density at radius 1 is 0.641 bits per heavy atom. The predicted octanol–water partition coefficient (Wildman–Crippen LogP) is 7.67. The third kappa shape index (κ3) is 4.24. The van der Waals surface area contributed by atoms with Crippen molar-refractivity contribution in [1.29, 1.82) is 0 Å². The van der Waals surface area contributed by atoms with Crippen molar-refractivity contribution in [2.45, 2.75) is 0 Å². The lowest BCUT2D eigenvalue weighted by Gasteiger charge is -2.07. The van der Waals surface area contributed by atoms with Crippen molar-refractivity contribution in [2.24, 2.45) is 0 Å². The summed E-state index contributed by atoms with van der Waals surface area (Å²) in [5.74, 6) is 0.209. The fourth-order valence-electron chi connectivity index (χ4n) is 4.75. The zero-order chi connectivity index (χ0) is 26.3. The van der Waals surface area contributed by atoms with Gasteiger partial charge in [0.2, 0.25) is 5.89 Å². The number of rotatable bonds is 4. The van der Waals surface area contributed by atoms with Crippen molar-refractivity contribution >= 4 is 44.4 Å². The minimum atomic E-state index is -0.454. The molecule has 5 aromatic carbocycles. The van der Waals surface area contributed by atoms with E-state index in [9.17, 15) is 9.59 Å². The van der Waals surface area contributed by atoms with E-state index in [-0.39, 0.29) is 5.91 Å². The van der Waals surface area contributed by atoms with Gasteiger partial charge in [-0.05, 0) is 70.9 Å². The predicted molar refractivity (Wildman–Crippen MR) is 153 cm³/mol. The maximum Gasteiger partial charge on any atom is 0.344 e. The van der Waals surface area contributed by atoms with Crippen LogP contribution in [0.1, 0.15) is 10.4 Å². The van der Waals surface area contributed by atoms with Gasteiger partial charge in [0.1, 0.15) is 11.1 Å². The normalized spacial score (nSPS) is 11.3. The highest BCUT2D eigenvalue weighted by molar-refractivity contribution is 6.05. The van der Waals surface area contributed by atoms with E-state index in [2.05, 4.69) is 22.4 Å². The van der Waals surface area contributed by atoms with Gasteiger partial charge in [-0.3, -0.25) is 4.79 Å². The average molecular weight is 509 g/mol. The van der Waals surface area contributed by atoms with Gasteiger partial charge in [-0.2, -0.15) is 0 Å². The lowest BCUT2D eigenvalue weighted by Crippen LogP contribution is -2.12. The highest BCUT2D eigenvalue weighted by atomic mass is 16.4. The van der Waals surface area contributed by atoms with E-state index in [0.29, 0.717) is 45.0 Å². The van der Waals surface area contributed by atoms with E-state index in [1.807, 2.05) is 48.5 Å². The summed E-state index contributed by atoms with van der Waals surface area (Å²) in [4.78, 5) is 30.4. The Kier molecular flexibility index (Phi) is 5.30. The molecule has 0 radical (unpaired) electrons. The van der Waals surface area contributed by atoms with Crippen molar-refractivity contribution in [3.8, 4) is 22.6 Å². The molecule has 0 spiro atoms. The average Bonchev–Trinajstić information content (AvgIpc) is 3.40. The Hall–Kier alpha value is -5.49. The summed E-state index contributed by atoms with van der Waals surface area (Å²) in [5.41, 5.74) is 4.21. The number of nitrogens with one attached hydrogen (secondary N) is 1. The van der Waals surface area contributed by atoms with Gasteiger partial charge in [0.15, 0.2) is 5.58 Å². The first-order chi connectivity index (χ1) is 19.1. The van der Waals surface area contributed by atoms with Crippen molar-refractivity contribution in [2.75, 3.05) is 5.32 Å². The second kappa shape index (κ2) is 9.11. The van der Waals surface area contributed by atoms with Crippen LogP contribution in [0.3, 0.4) is 0 Å². The molecule has 0 saturated heterocycles. The quantitative estimate of drug-likeness (QED) is 0.247. The third-order valence-electron chi connectivity index (χ3n) is 6.72. The first kappa shape index (κ1) is 22.7. The summed E-state index contributed by atoms with van der Waals surface area (Å²) < 4.78 is 11.5. The first-order valence-electron chi connectivity index (χ1n) is 12.5. The molecular weight excluding hydrogens is 488 g/mol. The topological polar surface area (TPSA) is 85.3 Å². The number of oxazole rings is 1. The molecule has 0 fully saturated rings. The molecular formula is C33H20N2O4. The fourth-order valence-corrected chi connectivity index (χ4v) is 4.75. The summed E-state index contributed by atoms with van der Waals surface area (Å²) in [5, 5.41) is 5.99. The molecule has 39 heavy (non-hydrogen) atoms. The van der Waals surface area contributed by atoms with Gasteiger partial charge in [0.05, 0.1) is 5.56 Å². The molecule has 0 atom stereocenters. The van der Waals surface area contributed by atoms with Crippen LogP contribution in [-0.2, 0) is 0 Å². The fraction of sp³-hybridized carbons (Fsp3) is 0. The number of hydrogen-bond acceptors (Lipinski definition) is 5. The molecule has 0 saturated carbocycles. The summed E-state index contributed by atoms with van der Waals surface area (Å²) in [6.07, 6.45) is 0. The van der Waals surface area contributed by atoms with E-state index in [1.54, 1.807) is 54.6 Å². The number of amides is 1. The monoisotopic (exact) mass is 508 g/mol. The van der Waals surface area contributed by atoms with Crippen LogP contribution in [0.15, 0.2) is 129 Å². The molecule has 2 aromatic heterocycles. The van der Waals surface area contributed by atoms with Crippen molar-refractivity contribution in [1.82, 2.24) is 4.98 Å². The Morgan fingerprint density at radius 2 is 1.46 bits per heavy atom. The Morgan fingerprint density at radius 3 is 2.36 bits per heavy atom. The molecule has 2 heterocycles. The molecule has 1 N–H and O–H groups in total. The number of anilines is 1. The van der Waals surface area contributed by atoms with Crippen molar-refractivity contribution in [3.05, 3.63) is 131 Å². The van der Waals surface area contributed by atoms with Crippen LogP contribution in [0.2, 0.25) is 0 Å². The SMILES string of the molecule is O=C(Nc1ccc2oc(-c3ccc4ccccc4c3)nc2c1)c1cccc(-c2cc3ccccc3oc2=O)c1.